The molecule has 2 N–H and O–H groups in total. The summed E-state index contributed by atoms with van der Waals surface area (Å²) in [5.74, 6) is -2.39. The van der Waals surface area contributed by atoms with Crippen LogP contribution in [-0.4, -0.2) is 47.0 Å². The van der Waals surface area contributed by atoms with Crippen molar-refractivity contribution in [2.75, 3.05) is 19.6 Å². The van der Waals surface area contributed by atoms with Crippen molar-refractivity contribution in [1.82, 2.24) is 20.1 Å². The number of rotatable bonds is 7. The predicted molar refractivity (Wildman–Crippen MR) is 113 cm³/mol. The van der Waals surface area contributed by atoms with Gasteiger partial charge in [0.25, 0.3) is 0 Å². The summed E-state index contributed by atoms with van der Waals surface area (Å²) in [6.45, 7) is 1.94. The first-order valence-corrected chi connectivity index (χ1v) is 10.3. The number of hydrogen-bond donors (Lipinski definition) is 2. The maximum atomic E-state index is 14.1. The second kappa shape index (κ2) is 9.26. The number of nitrogens with zero attached hydrogens (tertiary/aromatic N) is 2. The molecule has 0 saturated carbocycles. The zero-order valence-electron chi connectivity index (χ0n) is 17.0. The van der Waals surface area contributed by atoms with Gasteiger partial charge >= 0.3 is 0 Å². The number of carbonyl (C=O) groups is 2. The molecule has 0 unspecified atom stereocenters. The normalized spacial score (nSPS) is 17.0. The molecule has 1 saturated heterocycles. The molecule has 31 heavy (non-hydrogen) atoms. The Balaban J connectivity index is 1.35. The summed E-state index contributed by atoms with van der Waals surface area (Å²) in [7, 11) is 0. The molecule has 1 aromatic heterocycles. The summed E-state index contributed by atoms with van der Waals surface area (Å²) in [4.78, 5) is 26.6. The van der Waals surface area contributed by atoms with Crippen LogP contribution in [0.15, 0.2) is 54.7 Å². The summed E-state index contributed by atoms with van der Waals surface area (Å²) in [6.07, 6.45) is 1.93. The third-order valence-electron chi connectivity index (χ3n) is 5.58. The van der Waals surface area contributed by atoms with Crippen LogP contribution in [-0.2, 0) is 22.7 Å². The monoisotopic (exact) mass is 426 g/mol. The average molecular weight is 426 g/mol. The zero-order chi connectivity index (χ0) is 21.8. The van der Waals surface area contributed by atoms with Gasteiger partial charge in [-0.1, -0.05) is 30.3 Å². The first-order chi connectivity index (χ1) is 15.0. The highest BCUT2D eigenvalue weighted by Gasteiger charge is 2.32. The second-order valence-corrected chi connectivity index (χ2v) is 7.61. The number of aromatic nitrogens is 1. The first kappa shape index (κ1) is 21.0. The van der Waals surface area contributed by atoms with Gasteiger partial charge in [-0.25, -0.2) is 8.78 Å². The van der Waals surface area contributed by atoms with Gasteiger partial charge in [0, 0.05) is 50.0 Å². The van der Waals surface area contributed by atoms with Gasteiger partial charge in [-0.05, 0) is 23.6 Å². The van der Waals surface area contributed by atoms with Crippen molar-refractivity contribution >= 4 is 22.7 Å². The zero-order valence-corrected chi connectivity index (χ0v) is 17.0. The molecular formula is C23H24F2N4O2. The van der Waals surface area contributed by atoms with Crippen LogP contribution >= 0.6 is 0 Å². The highest BCUT2D eigenvalue weighted by atomic mass is 19.2. The number of piperazine rings is 1. The van der Waals surface area contributed by atoms with Gasteiger partial charge in [-0.15, -0.1) is 0 Å². The van der Waals surface area contributed by atoms with Gasteiger partial charge in [-0.2, -0.15) is 0 Å². The number of amides is 2. The van der Waals surface area contributed by atoms with Crippen molar-refractivity contribution in [3.05, 3.63) is 71.9 Å². The maximum absolute atomic E-state index is 14.1. The summed E-state index contributed by atoms with van der Waals surface area (Å²) in [5.41, 5.74) is 1.26. The Bertz CT molecular complexity index is 1100. The van der Waals surface area contributed by atoms with Crippen LogP contribution in [0, 0.1) is 11.6 Å². The van der Waals surface area contributed by atoms with Crippen LogP contribution in [0.1, 0.15) is 12.0 Å². The summed E-state index contributed by atoms with van der Waals surface area (Å²) in [6, 6.07) is 13.3. The third kappa shape index (κ3) is 4.74. The van der Waals surface area contributed by atoms with Gasteiger partial charge in [-0.3, -0.25) is 14.5 Å². The Morgan fingerprint density at radius 2 is 1.97 bits per heavy atom. The molecule has 0 radical (unpaired) electrons. The van der Waals surface area contributed by atoms with Crippen LogP contribution in [0.25, 0.3) is 10.9 Å². The smallest absolute Gasteiger partial charge is 0.237 e. The number of para-hydroxylation sites is 1. The number of hydrogen-bond acceptors (Lipinski definition) is 3. The number of halogens is 2. The Morgan fingerprint density at radius 1 is 1.13 bits per heavy atom. The number of carbonyl (C=O) groups excluding carboxylic acids is 2. The van der Waals surface area contributed by atoms with E-state index in [0.29, 0.717) is 26.2 Å². The molecule has 4 rings (SSSR count). The summed E-state index contributed by atoms with van der Waals surface area (Å²) >= 11 is 0. The van der Waals surface area contributed by atoms with E-state index in [9.17, 15) is 18.4 Å². The van der Waals surface area contributed by atoms with Gasteiger partial charge in [0.05, 0.1) is 12.5 Å². The second-order valence-electron chi connectivity index (χ2n) is 7.61. The minimum atomic E-state index is -0.925. The molecule has 1 atom stereocenters. The largest absolute Gasteiger partial charge is 0.354 e. The molecule has 1 aliphatic rings. The van der Waals surface area contributed by atoms with E-state index in [1.807, 2.05) is 36.5 Å². The molecule has 0 spiro atoms. The fraction of sp³-hybridized carbons (Fsp3) is 0.304. The van der Waals surface area contributed by atoms with Gasteiger partial charge in [0.15, 0.2) is 11.6 Å². The predicted octanol–water partition coefficient (Wildman–Crippen LogP) is 2.43. The average Bonchev–Trinajstić information content (AvgIpc) is 3.17. The molecule has 162 valence electrons. The van der Waals surface area contributed by atoms with Gasteiger partial charge in [0.1, 0.15) is 0 Å². The molecule has 1 aliphatic heterocycles. The van der Waals surface area contributed by atoms with Crippen molar-refractivity contribution in [3.63, 3.8) is 0 Å². The molecule has 1 fully saturated rings. The molecule has 0 bridgehead atoms. The molecule has 2 aromatic carbocycles. The summed E-state index contributed by atoms with van der Waals surface area (Å²) < 4.78 is 29.7. The van der Waals surface area contributed by atoms with Crippen LogP contribution in [0.2, 0.25) is 0 Å². The van der Waals surface area contributed by atoms with Crippen molar-refractivity contribution in [1.29, 1.82) is 0 Å². The number of benzene rings is 2. The van der Waals surface area contributed by atoms with E-state index in [0.717, 1.165) is 17.0 Å². The minimum absolute atomic E-state index is 0.0464. The van der Waals surface area contributed by atoms with Crippen molar-refractivity contribution in [3.8, 4) is 0 Å². The van der Waals surface area contributed by atoms with Crippen molar-refractivity contribution in [2.24, 2.45) is 0 Å². The molecular weight excluding hydrogens is 402 g/mol. The number of fused-ring (bicyclic) bond motifs is 1. The highest BCUT2D eigenvalue weighted by Crippen LogP contribution is 2.18. The standard InChI is InChI=1S/C23H24F2N4O2/c24-18-6-3-5-17(22(18)25)15-29-13-10-27-23(31)20(29)14-21(30)26-9-12-28-11-8-16-4-1-2-7-19(16)28/h1-8,11,20H,9-10,12-15H2,(H,26,30)(H,27,31)/t20-/m0/s1. The van der Waals surface area contributed by atoms with E-state index in [1.165, 1.54) is 12.1 Å². The fourth-order valence-electron chi connectivity index (χ4n) is 3.96. The minimum Gasteiger partial charge on any atom is -0.354 e. The van der Waals surface area contributed by atoms with Crippen molar-refractivity contribution < 1.29 is 18.4 Å². The lowest BCUT2D eigenvalue weighted by molar-refractivity contribution is -0.134. The lowest BCUT2D eigenvalue weighted by Crippen LogP contribution is -2.56. The quantitative estimate of drug-likeness (QED) is 0.610. The molecule has 2 amide bonds. The molecule has 8 heteroatoms. The Labute approximate surface area is 178 Å². The Hall–Kier alpha value is -3.26. The van der Waals surface area contributed by atoms with Crippen LogP contribution in [0.5, 0.6) is 0 Å². The fourth-order valence-corrected chi connectivity index (χ4v) is 3.96. The Morgan fingerprint density at radius 3 is 2.84 bits per heavy atom. The Kier molecular flexibility index (Phi) is 6.27. The van der Waals surface area contributed by atoms with E-state index in [-0.39, 0.29) is 30.3 Å². The molecule has 3 aromatic rings. The van der Waals surface area contributed by atoms with Crippen LogP contribution in [0.3, 0.4) is 0 Å². The SMILES string of the molecule is O=C(C[C@H]1C(=O)NCCN1Cc1cccc(F)c1F)NCCn1ccc2ccccc21. The van der Waals surface area contributed by atoms with E-state index in [2.05, 4.69) is 15.2 Å². The molecule has 0 aliphatic carbocycles. The van der Waals surface area contributed by atoms with Gasteiger partial charge < -0.3 is 15.2 Å². The van der Waals surface area contributed by atoms with Crippen LogP contribution in [0.4, 0.5) is 8.78 Å². The molecule has 2 heterocycles. The van der Waals surface area contributed by atoms with Gasteiger partial charge in [0.2, 0.25) is 11.8 Å². The van der Waals surface area contributed by atoms with Crippen molar-refractivity contribution in [2.45, 2.75) is 25.6 Å². The van der Waals surface area contributed by atoms with E-state index in [1.54, 1.807) is 4.90 Å². The highest BCUT2D eigenvalue weighted by molar-refractivity contribution is 5.88. The number of nitrogens with one attached hydrogen (secondary N) is 2. The first-order valence-electron chi connectivity index (χ1n) is 10.3. The third-order valence-corrected chi connectivity index (χ3v) is 5.58. The summed E-state index contributed by atoms with van der Waals surface area (Å²) in [5, 5.41) is 6.74. The lowest BCUT2D eigenvalue weighted by Gasteiger charge is -2.34. The lowest BCUT2D eigenvalue weighted by atomic mass is 10.1. The van der Waals surface area contributed by atoms with E-state index in [4.69, 9.17) is 0 Å². The van der Waals surface area contributed by atoms with E-state index >= 15 is 0 Å². The van der Waals surface area contributed by atoms with Crippen LogP contribution < -0.4 is 10.6 Å². The maximum Gasteiger partial charge on any atom is 0.237 e. The topological polar surface area (TPSA) is 66.4 Å². The molecule has 6 nitrogen and oxygen atoms in total. The van der Waals surface area contributed by atoms with E-state index < -0.39 is 17.7 Å².